The molecule has 1 fully saturated rings. The first-order valence-electron chi connectivity index (χ1n) is 9.61. The summed E-state index contributed by atoms with van der Waals surface area (Å²) < 4.78 is 38.9. The third-order valence-corrected chi connectivity index (χ3v) is 5.18. The van der Waals surface area contributed by atoms with Crippen molar-refractivity contribution in [1.82, 2.24) is 25.5 Å². The molecule has 3 heterocycles. The molecule has 3 rings (SSSR count). The molecule has 2 aromatic rings. The second kappa shape index (κ2) is 8.38. The predicted octanol–water partition coefficient (Wildman–Crippen LogP) is 2.86. The largest absolute Gasteiger partial charge is 0.433 e. The Balaban J connectivity index is 1.52. The molecule has 0 aromatic carbocycles. The monoisotopic (exact) mass is 410 g/mol. The Morgan fingerprint density at radius 2 is 1.93 bits per heavy atom. The van der Waals surface area contributed by atoms with E-state index in [0.717, 1.165) is 23.0 Å². The number of aromatic amines is 1. The second-order valence-electron chi connectivity index (χ2n) is 7.40. The second-order valence-corrected chi connectivity index (χ2v) is 7.40. The number of hydrogen-bond donors (Lipinski definition) is 2. The van der Waals surface area contributed by atoms with Crippen molar-refractivity contribution in [3.05, 3.63) is 34.5 Å². The number of H-pyrrole nitrogens is 1. The average Bonchev–Trinajstić information content (AvgIpc) is 2.97. The van der Waals surface area contributed by atoms with E-state index in [4.69, 9.17) is 0 Å². The molecule has 0 bridgehead atoms. The number of halogens is 3. The summed E-state index contributed by atoms with van der Waals surface area (Å²) in [6, 6.07) is 0.997. The SMILES string of the molecule is Cc1nc(N2CCC(NC(=O)CCc3c(C)n[nH]c3C)CC2)cc(C(F)(F)F)n1. The molecule has 2 aromatic heterocycles. The van der Waals surface area contributed by atoms with Crippen molar-refractivity contribution < 1.29 is 18.0 Å². The van der Waals surface area contributed by atoms with E-state index in [9.17, 15) is 18.0 Å². The van der Waals surface area contributed by atoms with E-state index in [1.54, 1.807) is 0 Å². The minimum atomic E-state index is -4.50. The van der Waals surface area contributed by atoms with E-state index in [1.807, 2.05) is 18.7 Å². The maximum absolute atomic E-state index is 13.0. The van der Waals surface area contributed by atoms with Gasteiger partial charge in [0, 0.05) is 37.3 Å². The standard InChI is InChI=1S/C19H25F3N6O/c1-11-15(12(2)27-26-11)4-5-18(29)25-14-6-8-28(9-7-14)17-10-16(19(20,21)22)23-13(3)24-17/h10,14H,4-9H2,1-3H3,(H,25,29)(H,26,27). The molecule has 0 unspecified atom stereocenters. The zero-order valence-electron chi connectivity index (χ0n) is 16.7. The van der Waals surface area contributed by atoms with Gasteiger partial charge in [-0.1, -0.05) is 0 Å². The fourth-order valence-electron chi connectivity index (χ4n) is 3.59. The number of nitrogens with zero attached hydrogens (tertiary/aromatic N) is 4. The highest BCUT2D eigenvalue weighted by atomic mass is 19.4. The van der Waals surface area contributed by atoms with Crippen LogP contribution in [0.2, 0.25) is 0 Å². The number of carbonyl (C=O) groups excluding carboxylic acids is 1. The minimum Gasteiger partial charge on any atom is -0.356 e. The van der Waals surface area contributed by atoms with Crippen LogP contribution < -0.4 is 10.2 Å². The third kappa shape index (κ3) is 5.24. The normalized spacial score (nSPS) is 15.6. The van der Waals surface area contributed by atoms with Crippen LogP contribution in [0, 0.1) is 20.8 Å². The van der Waals surface area contributed by atoms with Crippen LogP contribution in [0.15, 0.2) is 6.07 Å². The molecule has 1 aliphatic rings. The Hall–Kier alpha value is -2.65. The van der Waals surface area contributed by atoms with E-state index in [0.29, 0.717) is 38.8 Å². The van der Waals surface area contributed by atoms with Crippen molar-refractivity contribution in [3.8, 4) is 0 Å². The molecule has 0 saturated carbocycles. The van der Waals surface area contributed by atoms with Crippen molar-refractivity contribution in [1.29, 1.82) is 0 Å². The maximum atomic E-state index is 13.0. The Morgan fingerprint density at radius 3 is 2.52 bits per heavy atom. The number of aryl methyl sites for hydroxylation is 3. The predicted molar refractivity (Wildman–Crippen MR) is 102 cm³/mol. The molecule has 1 amide bonds. The van der Waals surface area contributed by atoms with Crippen molar-refractivity contribution in [2.75, 3.05) is 18.0 Å². The summed E-state index contributed by atoms with van der Waals surface area (Å²) >= 11 is 0. The molecule has 10 heteroatoms. The zero-order chi connectivity index (χ0) is 21.2. The van der Waals surface area contributed by atoms with Crippen LogP contribution in [-0.4, -0.2) is 45.2 Å². The number of alkyl halides is 3. The van der Waals surface area contributed by atoms with E-state index < -0.39 is 11.9 Å². The Bertz CT molecular complexity index is 852. The topological polar surface area (TPSA) is 86.8 Å². The van der Waals surface area contributed by atoms with Gasteiger partial charge in [-0.05, 0) is 45.6 Å². The lowest BCUT2D eigenvalue weighted by atomic mass is 10.0. The van der Waals surface area contributed by atoms with Gasteiger partial charge in [0.2, 0.25) is 5.91 Å². The van der Waals surface area contributed by atoms with Gasteiger partial charge >= 0.3 is 6.18 Å². The van der Waals surface area contributed by atoms with Gasteiger partial charge in [-0.3, -0.25) is 9.89 Å². The van der Waals surface area contributed by atoms with Gasteiger partial charge in [-0.2, -0.15) is 18.3 Å². The molecule has 1 aliphatic heterocycles. The number of hydrogen-bond acceptors (Lipinski definition) is 5. The van der Waals surface area contributed by atoms with Crippen LogP contribution in [-0.2, 0) is 17.4 Å². The lowest BCUT2D eigenvalue weighted by Crippen LogP contribution is -2.45. The summed E-state index contributed by atoms with van der Waals surface area (Å²) in [4.78, 5) is 21.7. The van der Waals surface area contributed by atoms with Crippen LogP contribution in [0.5, 0.6) is 0 Å². The first-order chi connectivity index (χ1) is 13.6. The van der Waals surface area contributed by atoms with E-state index in [2.05, 4.69) is 25.5 Å². The van der Waals surface area contributed by atoms with Gasteiger partial charge in [0.1, 0.15) is 17.3 Å². The summed E-state index contributed by atoms with van der Waals surface area (Å²) in [5, 5.41) is 10.1. The summed E-state index contributed by atoms with van der Waals surface area (Å²) in [7, 11) is 0. The first-order valence-corrected chi connectivity index (χ1v) is 9.61. The molecule has 0 radical (unpaired) electrons. The van der Waals surface area contributed by atoms with E-state index in [-0.39, 0.29) is 23.6 Å². The Labute approximate surface area is 167 Å². The molecule has 29 heavy (non-hydrogen) atoms. The quantitative estimate of drug-likeness (QED) is 0.792. The summed E-state index contributed by atoms with van der Waals surface area (Å²) in [5.41, 5.74) is 2.01. The highest BCUT2D eigenvalue weighted by molar-refractivity contribution is 5.76. The number of nitrogens with one attached hydrogen (secondary N) is 2. The number of piperidine rings is 1. The van der Waals surface area contributed by atoms with Crippen LogP contribution >= 0.6 is 0 Å². The summed E-state index contributed by atoms with van der Waals surface area (Å²) in [6.45, 7) is 6.35. The van der Waals surface area contributed by atoms with Gasteiger partial charge < -0.3 is 10.2 Å². The average molecular weight is 410 g/mol. The number of anilines is 1. The molecule has 158 valence electrons. The molecule has 0 aliphatic carbocycles. The lowest BCUT2D eigenvalue weighted by molar-refractivity contribution is -0.141. The highest BCUT2D eigenvalue weighted by Gasteiger charge is 2.34. The molecule has 1 saturated heterocycles. The van der Waals surface area contributed by atoms with Crippen LogP contribution in [0.4, 0.5) is 19.0 Å². The lowest BCUT2D eigenvalue weighted by Gasteiger charge is -2.33. The molecular formula is C19H25F3N6O. The first kappa shape index (κ1) is 21.1. The molecule has 0 atom stereocenters. The van der Waals surface area contributed by atoms with E-state index in [1.165, 1.54) is 6.92 Å². The summed E-state index contributed by atoms with van der Waals surface area (Å²) in [6.07, 6.45) is -2.19. The fourth-order valence-corrected chi connectivity index (χ4v) is 3.59. The number of aromatic nitrogens is 4. The van der Waals surface area contributed by atoms with Crippen molar-refractivity contribution in [2.24, 2.45) is 0 Å². The summed E-state index contributed by atoms with van der Waals surface area (Å²) in [5.74, 6) is 0.344. The van der Waals surface area contributed by atoms with Crippen LogP contribution in [0.3, 0.4) is 0 Å². The van der Waals surface area contributed by atoms with Crippen LogP contribution in [0.25, 0.3) is 0 Å². The molecule has 7 nitrogen and oxygen atoms in total. The Kier molecular flexibility index (Phi) is 6.09. The zero-order valence-corrected chi connectivity index (χ0v) is 16.7. The van der Waals surface area contributed by atoms with Crippen molar-refractivity contribution >= 4 is 11.7 Å². The number of rotatable bonds is 5. The maximum Gasteiger partial charge on any atom is 0.433 e. The van der Waals surface area contributed by atoms with Crippen molar-refractivity contribution in [2.45, 2.75) is 58.7 Å². The van der Waals surface area contributed by atoms with E-state index >= 15 is 0 Å². The van der Waals surface area contributed by atoms with Gasteiger partial charge in [-0.15, -0.1) is 0 Å². The molecular weight excluding hydrogens is 385 g/mol. The number of carbonyl (C=O) groups is 1. The van der Waals surface area contributed by atoms with Gasteiger partial charge in [-0.25, -0.2) is 9.97 Å². The van der Waals surface area contributed by atoms with Gasteiger partial charge in [0.25, 0.3) is 0 Å². The fraction of sp³-hybridized carbons (Fsp3) is 0.579. The van der Waals surface area contributed by atoms with Gasteiger partial charge in [0.15, 0.2) is 0 Å². The highest BCUT2D eigenvalue weighted by Crippen LogP contribution is 2.30. The number of amides is 1. The molecule has 0 spiro atoms. The smallest absolute Gasteiger partial charge is 0.356 e. The third-order valence-electron chi connectivity index (χ3n) is 5.18. The minimum absolute atomic E-state index is 0.00955. The molecule has 2 N–H and O–H groups in total. The van der Waals surface area contributed by atoms with Crippen molar-refractivity contribution in [3.63, 3.8) is 0 Å². The van der Waals surface area contributed by atoms with Crippen LogP contribution in [0.1, 0.15) is 47.7 Å². The van der Waals surface area contributed by atoms with Gasteiger partial charge in [0.05, 0.1) is 5.69 Å². The Morgan fingerprint density at radius 1 is 1.24 bits per heavy atom.